The summed E-state index contributed by atoms with van der Waals surface area (Å²) in [5, 5.41) is 5.23. The maximum Gasteiger partial charge on any atom is 0.157 e. The van der Waals surface area contributed by atoms with Crippen molar-refractivity contribution in [2.75, 3.05) is 0 Å². The van der Waals surface area contributed by atoms with Gasteiger partial charge in [-0.15, -0.1) is 6.58 Å². The molecular formula is C24H20N4O. The standard InChI is InChI=1S/C24H20N4O/c1-3-24-13-21-9-8-19(27-21)11-17-5-4-16(25-17)10-18-6-7-20(26-18)12-23(28-24)22(14-24)15(2)29/h3-13,25,28H,1,14H2,2H3/i14D. The van der Waals surface area contributed by atoms with E-state index in [4.69, 9.17) is 1.37 Å². The number of ketones is 1. The van der Waals surface area contributed by atoms with Crippen molar-refractivity contribution in [2.45, 2.75) is 18.9 Å². The Morgan fingerprint density at radius 1 is 1.10 bits per heavy atom. The molecular weight excluding hydrogens is 360 g/mol. The van der Waals surface area contributed by atoms with Crippen molar-refractivity contribution < 1.29 is 6.17 Å². The van der Waals surface area contributed by atoms with Crippen LogP contribution in [0.25, 0.3) is 12.2 Å². The van der Waals surface area contributed by atoms with Crippen molar-refractivity contribution in [1.29, 1.82) is 0 Å². The van der Waals surface area contributed by atoms with Gasteiger partial charge >= 0.3 is 0 Å². The molecule has 4 aliphatic heterocycles. The Labute approximate surface area is 169 Å². The number of aliphatic imine (C=N–C) groups is 2. The number of H-pyrrole nitrogens is 1. The summed E-state index contributed by atoms with van der Waals surface area (Å²) in [6.07, 6.45) is 16.1. The van der Waals surface area contributed by atoms with E-state index in [0.717, 1.165) is 22.1 Å². The molecule has 142 valence electrons. The molecule has 8 bridgehead atoms. The number of nitrogens with one attached hydrogen (secondary N) is 2. The quantitative estimate of drug-likeness (QED) is 0.771. The summed E-state index contributed by atoms with van der Waals surface area (Å²) in [6, 6.07) is 3.99. The van der Waals surface area contributed by atoms with Gasteiger partial charge < -0.3 is 10.3 Å². The first kappa shape index (κ1) is 16.2. The van der Waals surface area contributed by atoms with Crippen LogP contribution >= 0.6 is 0 Å². The minimum absolute atomic E-state index is 0.148. The number of allylic oxidation sites excluding steroid dienone is 5. The number of hydrogen-bond acceptors (Lipinski definition) is 4. The summed E-state index contributed by atoms with van der Waals surface area (Å²) in [6.45, 7) is 5.44. The Morgan fingerprint density at radius 3 is 2.41 bits per heavy atom. The molecule has 0 saturated heterocycles. The fourth-order valence-corrected chi connectivity index (χ4v) is 3.72. The van der Waals surface area contributed by atoms with E-state index in [1.165, 1.54) is 6.92 Å². The summed E-state index contributed by atoms with van der Waals surface area (Å²) >= 11 is 0. The number of carbonyl (C=O) groups excluding carboxylic acids is 1. The minimum atomic E-state index is -0.941. The normalized spacial score (nSPS) is 27.2. The predicted octanol–water partition coefficient (Wildman–Crippen LogP) is 2.14. The Balaban J connectivity index is 1.75. The van der Waals surface area contributed by atoms with Crippen LogP contribution in [-0.4, -0.2) is 27.7 Å². The van der Waals surface area contributed by atoms with Crippen LogP contribution in [0.1, 0.15) is 14.7 Å². The molecule has 29 heavy (non-hydrogen) atoms. The minimum Gasteiger partial charge on any atom is -0.372 e. The van der Waals surface area contributed by atoms with E-state index in [-0.39, 0.29) is 5.78 Å². The molecule has 1 aromatic heterocycles. The van der Waals surface area contributed by atoms with Gasteiger partial charge in [0.25, 0.3) is 0 Å². The van der Waals surface area contributed by atoms with E-state index in [1.807, 2.05) is 60.7 Å². The second kappa shape index (κ2) is 6.41. The SMILES string of the molecule is [2H]C1C(C(C)=O)=C2C=C3C=CC(=N3)C=c3ccc([nH]3)=CC3=NC(=CC1(C=C)N2)C=C3. The molecule has 5 rings (SSSR count). The number of Topliss-reactive ketones (excluding diaryl/α,β-unsaturated/α-hetero) is 1. The van der Waals surface area contributed by atoms with Gasteiger partial charge in [-0.2, -0.15) is 0 Å². The molecule has 1 aromatic rings. The van der Waals surface area contributed by atoms with Gasteiger partial charge in [-0.1, -0.05) is 6.08 Å². The van der Waals surface area contributed by atoms with E-state index in [9.17, 15) is 4.79 Å². The van der Waals surface area contributed by atoms with E-state index in [1.54, 1.807) is 6.08 Å². The maximum atomic E-state index is 12.4. The van der Waals surface area contributed by atoms with Gasteiger partial charge in [0.05, 0.1) is 28.4 Å². The van der Waals surface area contributed by atoms with Crippen LogP contribution in [0.3, 0.4) is 0 Å². The fraction of sp³-hybridized carbons (Fsp3) is 0.125. The molecule has 0 aromatic carbocycles. The highest BCUT2D eigenvalue weighted by Gasteiger charge is 2.35. The molecule has 0 aliphatic carbocycles. The lowest BCUT2D eigenvalue weighted by Gasteiger charge is -2.23. The summed E-state index contributed by atoms with van der Waals surface area (Å²) in [4.78, 5) is 25.1. The average Bonchev–Trinajstić information content (AvgIpc) is 3.46. The van der Waals surface area contributed by atoms with Gasteiger partial charge in [0.15, 0.2) is 5.78 Å². The molecule has 5 nitrogen and oxygen atoms in total. The van der Waals surface area contributed by atoms with Gasteiger partial charge in [0, 0.05) is 29.7 Å². The number of aromatic nitrogens is 1. The fourth-order valence-electron chi connectivity index (χ4n) is 3.72. The first-order valence-electron chi connectivity index (χ1n) is 9.99. The van der Waals surface area contributed by atoms with Crippen LogP contribution in [0.15, 0.2) is 93.9 Å². The number of hydrogen-bond donors (Lipinski definition) is 2. The second-order valence-corrected chi connectivity index (χ2v) is 7.33. The Hall–Kier alpha value is -3.73. The molecule has 5 heterocycles. The van der Waals surface area contributed by atoms with Crippen LogP contribution in [0.5, 0.6) is 0 Å². The third kappa shape index (κ3) is 3.21. The Morgan fingerprint density at radius 2 is 1.76 bits per heavy atom. The molecule has 2 atom stereocenters. The van der Waals surface area contributed by atoms with Crippen molar-refractivity contribution in [3.63, 3.8) is 0 Å². The highest BCUT2D eigenvalue weighted by atomic mass is 16.1. The molecule has 0 amide bonds. The zero-order valence-corrected chi connectivity index (χ0v) is 15.9. The molecule has 0 radical (unpaired) electrons. The summed E-state index contributed by atoms with van der Waals surface area (Å²) in [5.41, 5.74) is 3.11. The average molecular weight is 381 g/mol. The summed E-state index contributed by atoms with van der Waals surface area (Å²) < 4.78 is 8.82. The summed E-state index contributed by atoms with van der Waals surface area (Å²) in [7, 11) is 0. The molecule has 4 aliphatic rings. The van der Waals surface area contributed by atoms with Crippen molar-refractivity contribution in [3.05, 3.63) is 94.6 Å². The number of rotatable bonds is 2. The van der Waals surface area contributed by atoms with Gasteiger partial charge in [0.2, 0.25) is 0 Å². The van der Waals surface area contributed by atoms with E-state index >= 15 is 0 Å². The number of aromatic amines is 1. The lowest BCUT2D eigenvalue weighted by atomic mass is 9.92. The molecule has 2 unspecified atom stereocenters. The molecule has 5 heteroatoms. The number of nitrogens with zero attached hydrogens (tertiary/aromatic N) is 2. The maximum absolute atomic E-state index is 12.4. The topological polar surface area (TPSA) is 69.6 Å². The zero-order valence-electron chi connectivity index (χ0n) is 16.9. The Bertz CT molecular complexity index is 1330. The van der Waals surface area contributed by atoms with Crippen LogP contribution in [0, 0.1) is 0 Å². The molecule has 2 N–H and O–H groups in total. The van der Waals surface area contributed by atoms with Crippen molar-refractivity contribution in [3.8, 4) is 0 Å². The number of carbonyl (C=O) groups is 1. The van der Waals surface area contributed by atoms with Crippen LogP contribution in [0.4, 0.5) is 0 Å². The second-order valence-electron chi connectivity index (χ2n) is 7.33. The summed E-state index contributed by atoms with van der Waals surface area (Å²) in [5.74, 6) is -0.148. The first-order chi connectivity index (χ1) is 14.5. The van der Waals surface area contributed by atoms with Gasteiger partial charge in [-0.25, -0.2) is 9.98 Å². The van der Waals surface area contributed by atoms with Crippen molar-refractivity contribution >= 4 is 29.4 Å². The van der Waals surface area contributed by atoms with Crippen LogP contribution < -0.4 is 16.0 Å². The molecule has 0 fully saturated rings. The lowest BCUT2D eigenvalue weighted by molar-refractivity contribution is -0.113. The van der Waals surface area contributed by atoms with Crippen molar-refractivity contribution in [1.82, 2.24) is 10.3 Å². The van der Waals surface area contributed by atoms with Gasteiger partial charge in [-0.3, -0.25) is 4.79 Å². The van der Waals surface area contributed by atoms with E-state index in [2.05, 4.69) is 26.9 Å². The third-order valence-electron chi connectivity index (χ3n) is 5.12. The van der Waals surface area contributed by atoms with Crippen LogP contribution in [0.2, 0.25) is 0 Å². The first-order valence-corrected chi connectivity index (χ1v) is 9.41. The molecule has 0 spiro atoms. The van der Waals surface area contributed by atoms with Gasteiger partial charge in [-0.05, 0) is 67.7 Å². The van der Waals surface area contributed by atoms with Crippen LogP contribution in [-0.2, 0) is 4.79 Å². The smallest absolute Gasteiger partial charge is 0.157 e. The largest absolute Gasteiger partial charge is 0.372 e. The number of fused-ring (bicyclic) bond motifs is 6. The monoisotopic (exact) mass is 381 g/mol. The highest BCUT2D eigenvalue weighted by molar-refractivity contribution is 6.20. The van der Waals surface area contributed by atoms with E-state index in [0.29, 0.717) is 22.7 Å². The predicted molar refractivity (Wildman–Crippen MR) is 117 cm³/mol. The Kier molecular flexibility index (Phi) is 3.59. The van der Waals surface area contributed by atoms with Gasteiger partial charge in [0.1, 0.15) is 0 Å². The highest BCUT2D eigenvalue weighted by Crippen LogP contribution is 2.34. The zero-order chi connectivity index (χ0) is 20.9. The third-order valence-corrected chi connectivity index (χ3v) is 5.12. The van der Waals surface area contributed by atoms with Crippen molar-refractivity contribution in [2.24, 2.45) is 9.98 Å². The van der Waals surface area contributed by atoms with E-state index < -0.39 is 11.9 Å². The molecule has 0 saturated carbocycles. The lowest BCUT2D eigenvalue weighted by Crippen LogP contribution is -2.36.